The van der Waals surface area contributed by atoms with Gasteiger partial charge in [-0.1, -0.05) is 48.5 Å². The number of carbonyl (C=O) groups excluding carboxylic acids is 2. The van der Waals surface area contributed by atoms with Gasteiger partial charge >= 0.3 is 11.9 Å². The number of phenols is 2. The van der Waals surface area contributed by atoms with E-state index in [0.29, 0.717) is 61.3 Å². The van der Waals surface area contributed by atoms with Crippen LogP contribution in [0.5, 0.6) is 11.5 Å². The van der Waals surface area contributed by atoms with Crippen molar-refractivity contribution in [3.05, 3.63) is 71.8 Å². The number of ether oxygens (including phenoxy) is 2. The van der Waals surface area contributed by atoms with Crippen LogP contribution in [0.25, 0.3) is 32.7 Å². The standard InChI is InChI=1S/C40H48N2O6/c1-39(2,3)47-37(45)31-17-11-19-41(31)23-27-21-25-13-7-9-15-29(25)33(35(27)43)34-30-16-10-8-14-26(30)22-28(36(34)44)24-42-20-12-18-32(42)38(46)48-40(4,5)6/h7-10,13-16,21-22,31-32,43-44H,11-12,17-20,23-24H2,1-6H3/t31-,32-/m0/s1. The molecule has 2 heterocycles. The van der Waals surface area contributed by atoms with Crippen LogP contribution in [0, 0.1) is 0 Å². The van der Waals surface area contributed by atoms with Crippen molar-refractivity contribution in [2.24, 2.45) is 0 Å². The van der Waals surface area contributed by atoms with Gasteiger partial charge in [-0.25, -0.2) is 0 Å². The lowest BCUT2D eigenvalue weighted by atomic mass is 9.88. The Morgan fingerprint density at radius 2 is 1.04 bits per heavy atom. The van der Waals surface area contributed by atoms with Crippen molar-refractivity contribution in [2.75, 3.05) is 13.1 Å². The van der Waals surface area contributed by atoms with Gasteiger partial charge in [-0.2, -0.15) is 0 Å². The average Bonchev–Trinajstić information content (AvgIpc) is 3.67. The summed E-state index contributed by atoms with van der Waals surface area (Å²) in [5.74, 6) is -0.338. The molecule has 0 aliphatic carbocycles. The van der Waals surface area contributed by atoms with Gasteiger partial charge in [0.1, 0.15) is 34.8 Å². The molecule has 2 N–H and O–H groups in total. The number of hydrogen-bond acceptors (Lipinski definition) is 8. The lowest BCUT2D eigenvalue weighted by Crippen LogP contribution is -2.40. The molecule has 2 atom stereocenters. The zero-order chi connectivity index (χ0) is 34.4. The Balaban J connectivity index is 1.44. The van der Waals surface area contributed by atoms with Crippen molar-refractivity contribution in [1.82, 2.24) is 9.80 Å². The normalized spacial score (nSPS) is 19.3. The van der Waals surface area contributed by atoms with Crippen LogP contribution in [0.4, 0.5) is 0 Å². The van der Waals surface area contributed by atoms with Crippen LogP contribution in [-0.4, -0.2) is 68.3 Å². The summed E-state index contributed by atoms with van der Waals surface area (Å²) < 4.78 is 11.5. The number of benzene rings is 4. The first kappa shape index (κ1) is 33.7. The number of likely N-dealkylation sites (tertiary alicyclic amines) is 2. The van der Waals surface area contributed by atoms with Gasteiger partial charge in [0.25, 0.3) is 0 Å². The molecule has 0 unspecified atom stereocenters. The zero-order valence-electron chi connectivity index (χ0n) is 29.0. The summed E-state index contributed by atoms with van der Waals surface area (Å²) in [6.45, 7) is 13.4. The average molecular weight is 653 g/mol. The highest BCUT2D eigenvalue weighted by molar-refractivity contribution is 6.10. The predicted molar refractivity (Wildman–Crippen MR) is 189 cm³/mol. The van der Waals surface area contributed by atoms with Gasteiger partial charge in [0.2, 0.25) is 0 Å². The number of aromatic hydroxyl groups is 2. The fraction of sp³-hybridized carbons (Fsp3) is 0.450. The molecule has 254 valence electrons. The second kappa shape index (κ2) is 13.1. The van der Waals surface area contributed by atoms with Crippen molar-refractivity contribution in [3.8, 4) is 22.6 Å². The van der Waals surface area contributed by atoms with E-state index in [2.05, 4.69) is 9.80 Å². The summed E-state index contributed by atoms with van der Waals surface area (Å²) in [4.78, 5) is 30.5. The molecule has 8 nitrogen and oxygen atoms in total. The maximum absolute atomic E-state index is 13.2. The molecule has 6 rings (SSSR count). The smallest absolute Gasteiger partial charge is 0.323 e. The Morgan fingerprint density at radius 1 is 0.667 bits per heavy atom. The highest BCUT2D eigenvalue weighted by Gasteiger charge is 2.36. The molecule has 4 aromatic carbocycles. The molecule has 8 heteroatoms. The number of carbonyl (C=O) groups is 2. The third-order valence-electron chi connectivity index (χ3n) is 9.28. The van der Waals surface area contributed by atoms with Gasteiger partial charge in [0.15, 0.2) is 0 Å². The van der Waals surface area contributed by atoms with Gasteiger partial charge in [0, 0.05) is 35.3 Å². The molecule has 0 spiro atoms. The first-order valence-electron chi connectivity index (χ1n) is 17.1. The van der Waals surface area contributed by atoms with Gasteiger partial charge in [-0.15, -0.1) is 0 Å². The van der Waals surface area contributed by atoms with Crippen LogP contribution in [0.15, 0.2) is 60.7 Å². The first-order chi connectivity index (χ1) is 22.7. The van der Waals surface area contributed by atoms with E-state index in [-0.39, 0.29) is 23.4 Å². The SMILES string of the molecule is CC(C)(C)OC(=O)[C@@H]1CCCN1Cc1cc2ccccc2c(-c2c(O)c(CN3CCC[C@H]3C(=O)OC(C)(C)C)cc3ccccc23)c1O. The van der Waals surface area contributed by atoms with Gasteiger partial charge < -0.3 is 19.7 Å². The molecule has 48 heavy (non-hydrogen) atoms. The Labute approximate surface area is 283 Å². The number of nitrogens with zero attached hydrogens (tertiary/aromatic N) is 2. The minimum absolute atomic E-state index is 0.0777. The van der Waals surface area contributed by atoms with Crippen LogP contribution in [0.2, 0.25) is 0 Å². The molecule has 0 bridgehead atoms. The number of rotatable bonds is 7. The van der Waals surface area contributed by atoms with E-state index in [9.17, 15) is 19.8 Å². The molecule has 2 aliphatic rings. The Bertz CT molecular complexity index is 1720. The van der Waals surface area contributed by atoms with E-state index in [1.54, 1.807) is 0 Å². The Kier molecular flexibility index (Phi) is 9.18. The summed E-state index contributed by atoms with van der Waals surface area (Å²) in [6, 6.07) is 18.9. The number of phenolic OH excluding ortho intramolecular Hbond substituents is 2. The largest absolute Gasteiger partial charge is 0.507 e. The second-order valence-corrected chi connectivity index (χ2v) is 15.3. The molecule has 0 aromatic heterocycles. The van der Waals surface area contributed by atoms with Crippen LogP contribution < -0.4 is 0 Å². The summed E-state index contributed by atoms with van der Waals surface area (Å²) >= 11 is 0. The maximum atomic E-state index is 13.2. The van der Waals surface area contributed by atoms with Gasteiger partial charge in [0.05, 0.1) is 0 Å². The zero-order valence-corrected chi connectivity index (χ0v) is 29.0. The van der Waals surface area contributed by atoms with E-state index in [1.807, 2.05) is 102 Å². The minimum atomic E-state index is -0.588. The van der Waals surface area contributed by atoms with Gasteiger partial charge in [-0.3, -0.25) is 19.4 Å². The molecule has 2 saturated heterocycles. The molecule has 2 aliphatic heterocycles. The van der Waals surface area contributed by atoms with Gasteiger partial charge in [-0.05, 0) is 114 Å². The third-order valence-corrected chi connectivity index (χ3v) is 9.28. The molecule has 2 fully saturated rings. The fourth-order valence-corrected chi connectivity index (χ4v) is 7.28. The van der Waals surface area contributed by atoms with Crippen LogP contribution >= 0.6 is 0 Å². The van der Waals surface area contributed by atoms with Crippen molar-refractivity contribution in [1.29, 1.82) is 0 Å². The number of esters is 2. The lowest BCUT2D eigenvalue weighted by molar-refractivity contribution is -0.161. The van der Waals surface area contributed by atoms with Crippen molar-refractivity contribution < 1.29 is 29.3 Å². The Morgan fingerprint density at radius 3 is 1.42 bits per heavy atom. The monoisotopic (exact) mass is 652 g/mol. The molecular formula is C40H48N2O6. The molecule has 0 amide bonds. The van der Waals surface area contributed by atoms with E-state index in [0.717, 1.165) is 34.4 Å². The summed E-state index contributed by atoms with van der Waals surface area (Å²) in [5, 5.41) is 27.8. The lowest BCUT2D eigenvalue weighted by Gasteiger charge is -2.28. The number of hydrogen-bond donors (Lipinski definition) is 2. The highest BCUT2D eigenvalue weighted by Crippen LogP contribution is 2.48. The second-order valence-electron chi connectivity index (χ2n) is 15.3. The topological polar surface area (TPSA) is 99.5 Å². The molecular weight excluding hydrogens is 604 g/mol. The van der Waals surface area contributed by atoms with Crippen LogP contribution in [-0.2, 0) is 32.2 Å². The molecule has 4 aromatic rings. The van der Waals surface area contributed by atoms with Crippen molar-refractivity contribution in [3.63, 3.8) is 0 Å². The van der Waals surface area contributed by atoms with Crippen molar-refractivity contribution >= 4 is 33.5 Å². The van der Waals surface area contributed by atoms with E-state index in [4.69, 9.17) is 9.47 Å². The fourth-order valence-electron chi connectivity index (χ4n) is 7.28. The third kappa shape index (κ3) is 7.01. The van der Waals surface area contributed by atoms with Crippen LogP contribution in [0.1, 0.15) is 78.4 Å². The quantitative estimate of drug-likeness (QED) is 0.196. The summed E-state index contributed by atoms with van der Waals surface area (Å²) in [5.41, 5.74) is 1.29. The number of fused-ring (bicyclic) bond motifs is 2. The minimum Gasteiger partial charge on any atom is -0.507 e. The van der Waals surface area contributed by atoms with E-state index < -0.39 is 23.3 Å². The summed E-state index contributed by atoms with van der Waals surface area (Å²) in [6.07, 6.45) is 3.12. The Hall–Kier alpha value is -4.14. The van der Waals surface area contributed by atoms with E-state index in [1.165, 1.54) is 0 Å². The van der Waals surface area contributed by atoms with Crippen molar-refractivity contribution in [2.45, 2.75) is 104 Å². The molecule has 0 radical (unpaired) electrons. The summed E-state index contributed by atoms with van der Waals surface area (Å²) in [7, 11) is 0. The van der Waals surface area contributed by atoms with E-state index >= 15 is 0 Å². The highest BCUT2D eigenvalue weighted by atomic mass is 16.6. The first-order valence-corrected chi connectivity index (χ1v) is 17.1. The molecule has 0 saturated carbocycles. The predicted octanol–water partition coefficient (Wildman–Crippen LogP) is 7.68. The van der Waals surface area contributed by atoms with Crippen LogP contribution in [0.3, 0.4) is 0 Å². The maximum Gasteiger partial charge on any atom is 0.323 e.